The molecule has 1 atom stereocenters. The van der Waals surface area contributed by atoms with Crippen molar-refractivity contribution in [3.63, 3.8) is 0 Å². The van der Waals surface area contributed by atoms with Crippen LogP contribution in [0.1, 0.15) is 18.1 Å². The number of nitrogens with zero attached hydrogens (tertiary/aromatic N) is 2. The summed E-state index contributed by atoms with van der Waals surface area (Å²) in [7, 11) is 0. The summed E-state index contributed by atoms with van der Waals surface area (Å²) in [5.41, 5.74) is 2.11. The van der Waals surface area contributed by atoms with Crippen LogP contribution in [0, 0.1) is 0 Å². The van der Waals surface area contributed by atoms with E-state index in [1.165, 1.54) is 13.0 Å². The maximum Gasteiger partial charge on any atom is 0.418 e. The Kier molecular flexibility index (Phi) is 4.54. The Labute approximate surface area is 148 Å². The van der Waals surface area contributed by atoms with E-state index in [2.05, 4.69) is 10.5 Å². The van der Waals surface area contributed by atoms with Crippen LogP contribution in [-0.2, 0) is 15.7 Å². The molecular weight excluding hydrogens is 382 g/mol. The highest BCUT2D eigenvalue weighted by Crippen LogP contribution is 2.39. The summed E-state index contributed by atoms with van der Waals surface area (Å²) in [5.74, 6) is -0.799. The summed E-state index contributed by atoms with van der Waals surface area (Å²) in [4.78, 5) is 11.0. The smallest absolute Gasteiger partial charge is 0.418 e. The molecule has 12 heteroatoms. The van der Waals surface area contributed by atoms with Crippen molar-refractivity contribution in [2.45, 2.75) is 25.3 Å². The number of ether oxygens (including phenoxy) is 1. The Morgan fingerprint density at radius 1 is 1.22 bits per heavy atom. The van der Waals surface area contributed by atoms with Crippen LogP contribution in [0.15, 0.2) is 35.1 Å². The molecule has 1 amide bonds. The highest BCUT2D eigenvalue weighted by atomic mass is 19.4. The van der Waals surface area contributed by atoms with Crippen LogP contribution in [-0.4, -0.2) is 30.6 Å². The SMILES string of the molecule is CC1=CN(c2ccc(C3=NNC(=O)CO3)cc2C(F)(F)F)NC1C(F)(F)F. The van der Waals surface area contributed by atoms with E-state index in [0.717, 1.165) is 12.3 Å². The first-order valence-corrected chi connectivity index (χ1v) is 7.48. The summed E-state index contributed by atoms with van der Waals surface area (Å²) in [6.45, 7) is 0.755. The normalized spacial score (nSPS) is 20.8. The van der Waals surface area contributed by atoms with Gasteiger partial charge in [-0.05, 0) is 30.7 Å². The average Bonchev–Trinajstić information content (AvgIpc) is 2.96. The van der Waals surface area contributed by atoms with Crippen LogP contribution in [0.25, 0.3) is 0 Å². The summed E-state index contributed by atoms with van der Waals surface area (Å²) in [6.07, 6.45) is -8.56. The van der Waals surface area contributed by atoms with Crippen LogP contribution in [0.2, 0.25) is 0 Å². The topological polar surface area (TPSA) is 66.0 Å². The molecule has 0 fully saturated rings. The molecule has 1 unspecified atom stereocenters. The second kappa shape index (κ2) is 6.44. The van der Waals surface area contributed by atoms with Crippen molar-refractivity contribution < 1.29 is 35.9 Å². The summed E-state index contributed by atoms with van der Waals surface area (Å²) >= 11 is 0. The average molecular weight is 394 g/mol. The molecule has 3 rings (SSSR count). The molecule has 6 nitrogen and oxygen atoms in total. The zero-order valence-corrected chi connectivity index (χ0v) is 13.6. The number of amides is 1. The third-order valence-corrected chi connectivity index (χ3v) is 3.81. The first-order chi connectivity index (χ1) is 12.5. The van der Waals surface area contributed by atoms with Crippen molar-refractivity contribution in [1.82, 2.24) is 10.9 Å². The van der Waals surface area contributed by atoms with E-state index in [4.69, 9.17) is 4.74 Å². The number of hydrazine groups is 1. The number of anilines is 1. The quantitative estimate of drug-likeness (QED) is 0.758. The number of carbonyl (C=O) groups excluding carboxylic acids is 1. The minimum atomic E-state index is -4.86. The Morgan fingerprint density at radius 2 is 1.93 bits per heavy atom. The number of alkyl halides is 6. The van der Waals surface area contributed by atoms with Crippen LogP contribution in [0.3, 0.4) is 0 Å². The highest BCUT2D eigenvalue weighted by Gasteiger charge is 2.46. The number of hydrazone groups is 1. The lowest BCUT2D eigenvalue weighted by Gasteiger charge is -2.25. The lowest BCUT2D eigenvalue weighted by molar-refractivity contribution is -0.145. The lowest BCUT2D eigenvalue weighted by atomic mass is 10.1. The Morgan fingerprint density at radius 3 is 2.44 bits per heavy atom. The van der Waals surface area contributed by atoms with E-state index in [9.17, 15) is 31.1 Å². The molecule has 1 aromatic carbocycles. The van der Waals surface area contributed by atoms with Crippen LogP contribution >= 0.6 is 0 Å². The van der Waals surface area contributed by atoms with Gasteiger partial charge in [-0.15, -0.1) is 5.10 Å². The van der Waals surface area contributed by atoms with Gasteiger partial charge in [0.2, 0.25) is 5.90 Å². The Balaban J connectivity index is 1.98. The largest absolute Gasteiger partial charge is 0.466 e. The molecule has 1 aromatic rings. The minimum absolute atomic E-state index is 0.0849. The third-order valence-electron chi connectivity index (χ3n) is 3.81. The van der Waals surface area contributed by atoms with Gasteiger partial charge in [0.15, 0.2) is 6.61 Å². The summed E-state index contributed by atoms with van der Waals surface area (Å²) in [6, 6.07) is 0.805. The molecule has 0 aliphatic carbocycles. The van der Waals surface area contributed by atoms with Crippen molar-refractivity contribution in [2.75, 3.05) is 11.6 Å². The van der Waals surface area contributed by atoms with Gasteiger partial charge < -0.3 is 4.74 Å². The zero-order valence-electron chi connectivity index (χ0n) is 13.6. The second-order valence-corrected chi connectivity index (χ2v) is 5.82. The standard InChI is InChI=1S/C15H12F6N4O2/c1-7-5-25(24-12(7)15(19,20)21)10-3-2-8(4-9(10)14(16,17)18)13-23-22-11(26)6-27-13/h2-5,12,24H,6H2,1H3,(H,22,26). The molecule has 2 N–H and O–H groups in total. The molecule has 2 aliphatic heterocycles. The number of halogens is 6. The molecule has 0 bridgehead atoms. The van der Waals surface area contributed by atoms with Crippen molar-refractivity contribution in [2.24, 2.45) is 5.10 Å². The van der Waals surface area contributed by atoms with Crippen molar-refractivity contribution in [1.29, 1.82) is 0 Å². The molecule has 27 heavy (non-hydrogen) atoms. The Bertz CT molecular complexity index is 831. The van der Waals surface area contributed by atoms with E-state index in [0.29, 0.717) is 11.1 Å². The van der Waals surface area contributed by atoms with Crippen molar-refractivity contribution in [3.05, 3.63) is 41.1 Å². The monoisotopic (exact) mass is 394 g/mol. The fraction of sp³-hybridized carbons (Fsp3) is 0.333. The van der Waals surface area contributed by atoms with Gasteiger partial charge in [0, 0.05) is 11.8 Å². The Hall–Kier alpha value is -2.76. The molecule has 2 heterocycles. The van der Waals surface area contributed by atoms with E-state index in [1.807, 2.05) is 5.43 Å². The first-order valence-electron chi connectivity index (χ1n) is 7.48. The van der Waals surface area contributed by atoms with Gasteiger partial charge in [-0.3, -0.25) is 9.80 Å². The van der Waals surface area contributed by atoms with Gasteiger partial charge >= 0.3 is 12.4 Å². The van der Waals surface area contributed by atoms with Gasteiger partial charge in [0.1, 0.15) is 6.04 Å². The molecule has 0 saturated carbocycles. The molecule has 0 aromatic heterocycles. The van der Waals surface area contributed by atoms with Crippen LogP contribution in [0.5, 0.6) is 0 Å². The summed E-state index contributed by atoms with van der Waals surface area (Å²) in [5, 5.41) is 4.21. The van der Waals surface area contributed by atoms with Gasteiger partial charge in [0.05, 0.1) is 11.3 Å². The van der Waals surface area contributed by atoms with Crippen LogP contribution < -0.4 is 15.9 Å². The van der Waals surface area contributed by atoms with E-state index in [1.54, 1.807) is 0 Å². The number of hydrogen-bond acceptors (Lipinski definition) is 5. The van der Waals surface area contributed by atoms with E-state index in [-0.39, 0.29) is 17.0 Å². The van der Waals surface area contributed by atoms with Gasteiger partial charge in [-0.2, -0.15) is 26.3 Å². The van der Waals surface area contributed by atoms with Crippen molar-refractivity contribution in [3.8, 4) is 0 Å². The minimum Gasteiger partial charge on any atom is -0.466 e. The van der Waals surface area contributed by atoms with Crippen LogP contribution in [0.4, 0.5) is 32.0 Å². The predicted octanol–water partition coefficient (Wildman–Crippen LogP) is 2.67. The summed E-state index contributed by atoms with van der Waals surface area (Å²) < 4.78 is 84.3. The van der Waals surface area contributed by atoms with Crippen molar-refractivity contribution >= 4 is 17.5 Å². The van der Waals surface area contributed by atoms with Gasteiger partial charge in [-0.1, -0.05) is 0 Å². The van der Waals surface area contributed by atoms with E-state index < -0.39 is 42.2 Å². The highest BCUT2D eigenvalue weighted by molar-refractivity contribution is 5.98. The number of hydrogen-bond donors (Lipinski definition) is 2. The predicted molar refractivity (Wildman–Crippen MR) is 81.3 cm³/mol. The zero-order chi connectivity index (χ0) is 20.0. The van der Waals surface area contributed by atoms with E-state index >= 15 is 0 Å². The first kappa shape index (κ1) is 19.0. The number of rotatable bonds is 2. The second-order valence-electron chi connectivity index (χ2n) is 5.82. The fourth-order valence-corrected chi connectivity index (χ4v) is 2.59. The van der Waals surface area contributed by atoms with Gasteiger partial charge in [-0.25, -0.2) is 10.9 Å². The third kappa shape index (κ3) is 3.84. The molecule has 0 spiro atoms. The molecule has 0 saturated heterocycles. The number of nitrogens with one attached hydrogen (secondary N) is 2. The fourth-order valence-electron chi connectivity index (χ4n) is 2.59. The number of carbonyl (C=O) groups is 1. The molecule has 2 aliphatic rings. The molecular formula is C15H12F6N4O2. The number of benzene rings is 1. The molecule has 0 radical (unpaired) electrons. The maximum absolute atomic E-state index is 13.5. The van der Waals surface area contributed by atoms with Gasteiger partial charge in [0.25, 0.3) is 5.91 Å². The maximum atomic E-state index is 13.5. The lowest BCUT2D eigenvalue weighted by Crippen LogP contribution is -2.45. The molecule has 146 valence electrons.